The summed E-state index contributed by atoms with van der Waals surface area (Å²) in [7, 11) is 0. The minimum Gasteiger partial charge on any atom is -0.508 e. The van der Waals surface area contributed by atoms with Gasteiger partial charge in [0.05, 0.1) is 5.69 Å². The number of hydrogen-bond donors (Lipinski definition) is 3. The first-order valence-corrected chi connectivity index (χ1v) is 7.41. The Bertz CT molecular complexity index is 787. The van der Waals surface area contributed by atoms with Crippen LogP contribution in [0.5, 0.6) is 5.75 Å². The quantitative estimate of drug-likeness (QED) is 0.631. The normalized spacial score (nSPS) is 10.4. The second-order valence-corrected chi connectivity index (χ2v) is 5.23. The van der Waals surface area contributed by atoms with E-state index in [1.165, 1.54) is 0 Å². The Morgan fingerprint density at radius 2 is 1.87 bits per heavy atom. The number of nitrogen functional groups attached to an aromatic ring is 1. The molecule has 2 aromatic carbocycles. The summed E-state index contributed by atoms with van der Waals surface area (Å²) in [6.07, 6.45) is 2.56. The molecular formula is C18H18N4O. The molecule has 116 valence electrons. The average Bonchev–Trinajstić information content (AvgIpc) is 2.57. The molecule has 4 N–H and O–H groups in total. The lowest BCUT2D eigenvalue weighted by Crippen LogP contribution is -2.08. The highest BCUT2D eigenvalue weighted by Crippen LogP contribution is 2.19. The zero-order valence-electron chi connectivity index (χ0n) is 12.6. The fourth-order valence-corrected chi connectivity index (χ4v) is 2.28. The first-order valence-electron chi connectivity index (χ1n) is 7.41. The minimum atomic E-state index is 0.278. The van der Waals surface area contributed by atoms with Crippen molar-refractivity contribution in [1.29, 1.82) is 0 Å². The maximum Gasteiger partial charge on any atom is 0.223 e. The second-order valence-electron chi connectivity index (χ2n) is 5.23. The highest BCUT2D eigenvalue weighted by Gasteiger charge is 2.03. The number of aromatic hydroxyl groups is 1. The Balaban J connectivity index is 1.65. The lowest BCUT2D eigenvalue weighted by atomic mass is 10.1. The van der Waals surface area contributed by atoms with Gasteiger partial charge in [-0.1, -0.05) is 24.3 Å². The van der Waals surface area contributed by atoms with Crippen molar-refractivity contribution in [3.8, 4) is 17.0 Å². The molecule has 1 heterocycles. The van der Waals surface area contributed by atoms with Gasteiger partial charge in [0, 0.05) is 24.0 Å². The third-order valence-corrected chi connectivity index (χ3v) is 3.47. The van der Waals surface area contributed by atoms with Crippen LogP contribution in [0.15, 0.2) is 60.8 Å². The first kappa shape index (κ1) is 14.8. The van der Waals surface area contributed by atoms with Gasteiger partial charge in [-0.25, -0.2) is 9.97 Å². The largest absolute Gasteiger partial charge is 0.508 e. The van der Waals surface area contributed by atoms with Crippen LogP contribution >= 0.6 is 0 Å². The molecule has 1 aromatic heterocycles. The van der Waals surface area contributed by atoms with E-state index in [4.69, 9.17) is 5.73 Å². The number of phenols is 1. The summed E-state index contributed by atoms with van der Waals surface area (Å²) < 4.78 is 0. The van der Waals surface area contributed by atoms with Crippen molar-refractivity contribution in [3.05, 3.63) is 66.4 Å². The molecule has 0 aliphatic heterocycles. The van der Waals surface area contributed by atoms with Crippen LogP contribution < -0.4 is 11.1 Å². The molecule has 0 saturated heterocycles. The van der Waals surface area contributed by atoms with Crippen molar-refractivity contribution in [2.24, 2.45) is 0 Å². The number of phenolic OH excluding ortho intramolecular Hbond substituents is 1. The lowest BCUT2D eigenvalue weighted by Gasteiger charge is -2.07. The molecule has 0 spiro atoms. The van der Waals surface area contributed by atoms with Gasteiger partial charge >= 0.3 is 0 Å². The average molecular weight is 306 g/mol. The number of rotatable bonds is 5. The summed E-state index contributed by atoms with van der Waals surface area (Å²) in [5.41, 5.74) is 9.46. The zero-order chi connectivity index (χ0) is 16.1. The smallest absolute Gasteiger partial charge is 0.223 e. The Kier molecular flexibility index (Phi) is 4.38. The molecule has 0 fully saturated rings. The van der Waals surface area contributed by atoms with E-state index in [-0.39, 0.29) is 5.75 Å². The van der Waals surface area contributed by atoms with Gasteiger partial charge in [0.1, 0.15) is 5.75 Å². The fraction of sp³-hybridized carbons (Fsp3) is 0.111. The van der Waals surface area contributed by atoms with E-state index in [2.05, 4.69) is 15.3 Å². The highest BCUT2D eigenvalue weighted by atomic mass is 16.3. The number of aromatic nitrogens is 2. The molecule has 3 aromatic rings. The second kappa shape index (κ2) is 6.79. The molecule has 0 bridgehead atoms. The number of anilines is 2. The van der Waals surface area contributed by atoms with Gasteiger partial charge in [-0.3, -0.25) is 0 Å². The van der Waals surface area contributed by atoms with Gasteiger partial charge in [0.2, 0.25) is 5.95 Å². The molecule has 0 atom stereocenters. The van der Waals surface area contributed by atoms with Gasteiger partial charge in [0.25, 0.3) is 0 Å². The maximum atomic E-state index is 9.27. The molecule has 5 heteroatoms. The third kappa shape index (κ3) is 3.97. The molecule has 0 amide bonds. The molecule has 5 nitrogen and oxygen atoms in total. The van der Waals surface area contributed by atoms with E-state index < -0.39 is 0 Å². The monoisotopic (exact) mass is 306 g/mol. The van der Waals surface area contributed by atoms with E-state index in [1.54, 1.807) is 18.3 Å². The molecule has 0 aliphatic carbocycles. The summed E-state index contributed by atoms with van der Waals surface area (Å²) in [6.45, 7) is 0.713. The molecular weight excluding hydrogens is 288 g/mol. The van der Waals surface area contributed by atoms with E-state index in [0.29, 0.717) is 18.2 Å². The van der Waals surface area contributed by atoms with Crippen LogP contribution in [0.2, 0.25) is 0 Å². The highest BCUT2D eigenvalue weighted by molar-refractivity contribution is 5.64. The van der Waals surface area contributed by atoms with Crippen LogP contribution in [0.25, 0.3) is 11.3 Å². The van der Waals surface area contributed by atoms with Gasteiger partial charge in [-0.15, -0.1) is 0 Å². The number of hydrogen-bond acceptors (Lipinski definition) is 5. The predicted molar refractivity (Wildman–Crippen MR) is 92.2 cm³/mol. The van der Waals surface area contributed by atoms with Crippen molar-refractivity contribution in [2.45, 2.75) is 6.42 Å². The number of nitrogens with two attached hydrogens (primary N) is 1. The lowest BCUT2D eigenvalue weighted by molar-refractivity contribution is 0.475. The van der Waals surface area contributed by atoms with Crippen molar-refractivity contribution in [3.63, 3.8) is 0 Å². The predicted octanol–water partition coefficient (Wildman–Crippen LogP) is 3.09. The summed E-state index contributed by atoms with van der Waals surface area (Å²) in [6, 6.07) is 16.7. The van der Waals surface area contributed by atoms with Crippen LogP contribution in [0.3, 0.4) is 0 Å². The minimum absolute atomic E-state index is 0.278. The van der Waals surface area contributed by atoms with Crippen LogP contribution in [0.1, 0.15) is 5.56 Å². The van der Waals surface area contributed by atoms with Gasteiger partial charge in [-0.2, -0.15) is 0 Å². The Morgan fingerprint density at radius 3 is 2.65 bits per heavy atom. The summed E-state index contributed by atoms with van der Waals surface area (Å²) >= 11 is 0. The van der Waals surface area contributed by atoms with E-state index in [9.17, 15) is 5.11 Å². The molecule has 0 saturated carbocycles. The molecule has 0 radical (unpaired) electrons. The summed E-state index contributed by atoms with van der Waals surface area (Å²) in [4.78, 5) is 8.75. The van der Waals surface area contributed by atoms with E-state index in [0.717, 1.165) is 23.2 Å². The van der Waals surface area contributed by atoms with Crippen LogP contribution in [0.4, 0.5) is 11.6 Å². The standard InChI is InChI=1S/C18H18N4O/c19-15-3-1-2-14(12-15)17-9-11-21-18(22-17)20-10-8-13-4-6-16(23)7-5-13/h1-7,9,11-12,23H,8,10,19H2,(H,20,21,22). The van der Waals surface area contributed by atoms with E-state index >= 15 is 0 Å². The van der Waals surface area contributed by atoms with Crippen molar-refractivity contribution >= 4 is 11.6 Å². The maximum absolute atomic E-state index is 9.27. The molecule has 23 heavy (non-hydrogen) atoms. The first-order chi connectivity index (χ1) is 11.2. The van der Waals surface area contributed by atoms with Gasteiger partial charge in [0.15, 0.2) is 0 Å². The SMILES string of the molecule is Nc1cccc(-c2ccnc(NCCc3ccc(O)cc3)n2)c1. The van der Waals surface area contributed by atoms with Gasteiger partial charge in [-0.05, 0) is 42.3 Å². The summed E-state index contributed by atoms with van der Waals surface area (Å²) in [5, 5.41) is 12.5. The van der Waals surface area contributed by atoms with Crippen molar-refractivity contribution < 1.29 is 5.11 Å². The van der Waals surface area contributed by atoms with Crippen LogP contribution in [-0.2, 0) is 6.42 Å². The van der Waals surface area contributed by atoms with Crippen molar-refractivity contribution in [1.82, 2.24) is 9.97 Å². The van der Waals surface area contributed by atoms with Crippen LogP contribution in [0, 0.1) is 0 Å². The number of nitrogens with zero attached hydrogens (tertiary/aromatic N) is 2. The van der Waals surface area contributed by atoms with Crippen LogP contribution in [-0.4, -0.2) is 21.6 Å². The van der Waals surface area contributed by atoms with Gasteiger partial charge < -0.3 is 16.2 Å². The number of benzene rings is 2. The Labute approximate surface area is 134 Å². The number of nitrogens with one attached hydrogen (secondary N) is 1. The summed E-state index contributed by atoms with van der Waals surface area (Å²) in [5.74, 6) is 0.864. The third-order valence-electron chi connectivity index (χ3n) is 3.47. The Hall–Kier alpha value is -3.08. The topological polar surface area (TPSA) is 84.1 Å². The Morgan fingerprint density at radius 1 is 1.04 bits per heavy atom. The molecule has 3 rings (SSSR count). The van der Waals surface area contributed by atoms with Crippen molar-refractivity contribution in [2.75, 3.05) is 17.6 Å². The molecule has 0 aliphatic rings. The zero-order valence-corrected chi connectivity index (χ0v) is 12.6. The fourth-order valence-electron chi connectivity index (χ4n) is 2.28. The molecule has 0 unspecified atom stereocenters. The van der Waals surface area contributed by atoms with E-state index in [1.807, 2.05) is 42.5 Å².